The summed E-state index contributed by atoms with van der Waals surface area (Å²) in [6.07, 6.45) is -0.0930. The third-order valence-electron chi connectivity index (χ3n) is 2.87. The molecule has 18 heavy (non-hydrogen) atoms. The molecule has 1 fully saturated rings. The predicted octanol–water partition coefficient (Wildman–Crippen LogP) is -1.20. The van der Waals surface area contributed by atoms with Gasteiger partial charge >= 0.3 is 0 Å². The summed E-state index contributed by atoms with van der Waals surface area (Å²) in [6, 6.07) is 2.20. The average molecular weight is 253 g/mol. The van der Waals surface area contributed by atoms with Crippen LogP contribution in [0.3, 0.4) is 0 Å². The van der Waals surface area contributed by atoms with Crippen molar-refractivity contribution in [3.05, 3.63) is 28.0 Å². The van der Waals surface area contributed by atoms with Crippen LogP contribution in [0.1, 0.15) is 10.4 Å². The highest BCUT2D eigenvalue weighted by Gasteiger charge is 2.28. The zero-order valence-electron chi connectivity index (χ0n) is 9.90. The normalized spacial score (nSPS) is 22.9. The van der Waals surface area contributed by atoms with Crippen LogP contribution in [-0.4, -0.2) is 48.3 Å². The molecule has 7 heteroatoms. The van der Waals surface area contributed by atoms with E-state index in [2.05, 4.69) is 15.6 Å². The molecule has 2 atom stereocenters. The van der Waals surface area contributed by atoms with E-state index in [-0.39, 0.29) is 23.6 Å². The molecule has 1 aromatic heterocycles. The molecular weight excluding hydrogens is 238 g/mol. The van der Waals surface area contributed by atoms with Gasteiger partial charge in [0.15, 0.2) is 5.88 Å². The van der Waals surface area contributed by atoms with Crippen LogP contribution in [0, 0.1) is 0 Å². The molecule has 1 aromatic rings. The number of hydrogen-bond donors (Lipinski definition) is 4. The third-order valence-corrected chi connectivity index (χ3v) is 2.87. The Hall–Kier alpha value is -1.86. The van der Waals surface area contributed by atoms with Crippen LogP contribution < -0.4 is 16.2 Å². The summed E-state index contributed by atoms with van der Waals surface area (Å²) in [5.74, 6) is -0.743. The van der Waals surface area contributed by atoms with Crippen molar-refractivity contribution >= 4 is 5.91 Å². The number of carbonyl (C=O) groups is 1. The number of carbonyl (C=O) groups excluding carboxylic acids is 1. The Morgan fingerprint density at radius 2 is 2.28 bits per heavy atom. The van der Waals surface area contributed by atoms with Gasteiger partial charge < -0.3 is 20.5 Å². The van der Waals surface area contributed by atoms with E-state index < -0.39 is 11.5 Å². The minimum Gasteiger partial charge on any atom is -0.494 e. The lowest BCUT2D eigenvalue weighted by atomic mass is 10.2. The number of amides is 1. The van der Waals surface area contributed by atoms with Crippen LogP contribution in [0.5, 0.6) is 5.88 Å². The topological polar surface area (TPSA) is 103 Å². The average Bonchev–Trinajstić information content (AvgIpc) is 2.75. The molecule has 4 N–H and O–H groups in total. The van der Waals surface area contributed by atoms with Crippen molar-refractivity contribution in [3.8, 4) is 5.88 Å². The Labute approximate surface area is 103 Å². The van der Waals surface area contributed by atoms with Gasteiger partial charge in [-0.05, 0) is 0 Å². The number of ether oxygens (including phenoxy) is 1. The summed E-state index contributed by atoms with van der Waals surface area (Å²) in [4.78, 5) is 25.2. The fourth-order valence-corrected chi connectivity index (χ4v) is 1.96. The second-order valence-electron chi connectivity index (χ2n) is 4.13. The Morgan fingerprint density at radius 3 is 2.94 bits per heavy atom. The molecule has 98 valence electrons. The number of aromatic amines is 1. The second kappa shape index (κ2) is 5.19. The molecule has 0 saturated carbocycles. The molecule has 2 heterocycles. The van der Waals surface area contributed by atoms with E-state index in [0.29, 0.717) is 13.1 Å². The molecule has 0 radical (unpaired) electrons. The number of aromatic hydroxyl groups is 1. The first-order chi connectivity index (χ1) is 8.60. The molecule has 1 amide bonds. The van der Waals surface area contributed by atoms with Gasteiger partial charge in [-0.15, -0.1) is 0 Å². The van der Waals surface area contributed by atoms with E-state index in [9.17, 15) is 14.7 Å². The highest BCUT2D eigenvalue weighted by atomic mass is 16.5. The third kappa shape index (κ3) is 2.69. The van der Waals surface area contributed by atoms with Crippen molar-refractivity contribution in [2.45, 2.75) is 12.1 Å². The van der Waals surface area contributed by atoms with E-state index in [1.54, 1.807) is 7.11 Å². The van der Waals surface area contributed by atoms with Crippen LogP contribution in [0.4, 0.5) is 0 Å². The van der Waals surface area contributed by atoms with Gasteiger partial charge in [0.05, 0.1) is 17.7 Å². The Bertz CT molecular complexity index is 499. The van der Waals surface area contributed by atoms with E-state index in [1.165, 1.54) is 6.07 Å². The molecule has 1 saturated heterocycles. The molecule has 0 bridgehead atoms. The molecule has 7 nitrogen and oxygen atoms in total. The quantitative estimate of drug-likeness (QED) is 0.541. The van der Waals surface area contributed by atoms with Gasteiger partial charge in [0.2, 0.25) is 0 Å². The maximum atomic E-state index is 11.9. The lowest BCUT2D eigenvalue weighted by Crippen LogP contribution is -2.43. The molecule has 1 aliphatic rings. The highest BCUT2D eigenvalue weighted by Crippen LogP contribution is 2.07. The number of aromatic nitrogens is 1. The summed E-state index contributed by atoms with van der Waals surface area (Å²) in [6.45, 7) is 1.28. The largest absolute Gasteiger partial charge is 0.494 e. The fourth-order valence-electron chi connectivity index (χ4n) is 1.96. The SMILES string of the molecule is CO[C@H]1CNCC1NC(=O)c1cc(O)[nH]c(=O)c1. The molecule has 0 spiro atoms. The molecule has 0 aliphatic carbocycles. The van der Waals surface area contributed by atoms with Gasteiger partial charge in [-0.25, -0.2) is 0 Å². The van der Waals surface area contributed by atoms with Gasteiger partial charge in [0, 0.05) is 32.3 Å². The van der Waals surface area contributed by atoms with Crippen LogP contribution >= 0.6 is 0 Å². The van der Waals surface area contributed by atoms with E-state index in [4.69, 9.17) is 4.74 Å². The van der Waals surface area contributed by atoms with Crippen molar-refractivity contribution in [2.75, 3.05) is 20.2 Å². The van der Waals surface area contributed by atoms with Crippen LogP contribution in [0.25, 0.3) is 0 Å². The molecular formula is C11H15N3O4. The zero-order chi connectivity index (χ0) is 13.1. The minimum atomic E-state index is -0.520. The Morgan fingerprint density at radius 1 is 1.50 bits per heavy atom. The highest BCUT2D eigenvalue weighted by molar-refractivity contribution is 5.94. The van der Waals surface area contributed by atoms with Crippen molar-refractivity contribution in [3.63, 3.8) is 0 Å². The van der Waals surface area contributed by atoms with Crippen LogP contribution in [0.15, 0.2) is 16.9 Å². The van der Waals surface area contributed by atoms with Gasteiger partial charge in [-0.2, -0.15) is 0 Å². The van der Waals surface area contributed by atoms with E-state index in [1.807, 2.05) is 0 Å². The zero-order valence-corrected chi connectivity index (χ0v) is 9.90. The van der Waals surface area contributed by atoms with Crippen molar-refractivity contribution in [2.24, 2.45) is 0 Å². The summed E-state index contributed by atoms with van der Waals surface area (Å²) in [5.41, 5.74) is -0.397. The predicted molar refractivity (Wildman–Crippen MR) is 63.6 cm³/mol. The maximum absolute atomic E-state index is 11.9. The Kier molecular flexibility index (Phi) is 3.63. The number of rotatable bonds is 3. The lowest BCUT2D eigenvalue weighted by Gasteiger charge is -2.18. The number of pyridine rings is 1. The summed E-state index contributed by atoms with van der Waals surface area (Å²) in [7, 11) is 1.58. The van der Waals surface area contributed by atoms with Gasteiger partial charge in [0.1, 0.15) is 0 Å². The summed E-state index contributed by atoms with van der Waals surface area (Å²) < 4.78 is 5.21. The van der Waals surface area contributed by atoms with Gasteiger partial charge in [0.25, 0.3) is 11.5 Å². The standard InChI is InChI=1S/C11H15N3O4/c1-18-8-5-12-4-7(8)13-11(17)6-2-9(15)14-10(16)3-6/h2-3,7-8,12H,4-5H2,1H3,(H,13,17)(H2,14,15,16)/t7?,8-/m0/s1. The van der Waals surface area contributed by atoms with E-state index in [0.717, 1.165) is 6.07 Å². The summed E-state index contributed by atoms with van der Waals surface area (Å²) in [5, 5.41) is 15.1. The Balaban J connectivity index is 2.09. The minimum absolute atomic E-state index is 0.0930. The van der Waals surface area contributed by atoms with Gasteiger partial charge in [-0.1, -0.05) is 0 Å². The first-order valence-electron chi connectivity index (χ1n) is 5.58. The summed E-state index contributed by atoms with van der Waals surface area (Å²) >= 11 is 0. The number of methoxy groups -OCH3 is 1. The lowest BCUT2D eigenvalue weighted by molar-refractivity contribution is 0.0779. The number of H-pyrrole nitrogens is 1. The van der Waals surface area contributed by atoms with Crippen LogP contribution in [0.2, 0.25) is 0 Å². The molecule has 1 aliphatic heterocycles. The van der Waals surface area contributed by atoms with Crippen molar-refractivity contribution < 1.29 is 14.6 Å². The molecule has 0 aromatic carbocycles. The molecule has 1 unspecified atom stereocenters. The maximum Gasteiger partial charge on any atom is 0.252 e. The first kappa shape index (κ1) is 12.6. The smallest absolute Gasteiger partial charge is 0.252 e. The fraction of sp³-hybridized carbons (Fsp3) is 0.455. The first-order valence-corrected chi connectivity index (χ1v) is 5.58. The molecule has 2 rings (SSSR count). The van der Waals surface area contributed by atoms with Crippen LogP contribution in [-0.2, 0) is 4.74 Å². The number of hydrogen-bond acceptors (Lipinski definition) is 5. The monoisotopic (exact) mass is 253 g/mol. The van der Waals surface area contributed by atoms with E-state index >= 15 is 0 Å². The van der Waals surface area contributed by atoms with Crippen molar-refractivity contribution in [1.82, 2.24) is 15.6 Å². The number of nitrogens with one attached hydrogen (secondary N) is 3. The van der Waals surface area contributed by atoms with Gasteiger partial charge in [-0.3, -0.25) is 14.6 Å². The van der Waals surface area contributed by atoms with Crippen molar-refractivity contribution in [1.29, 1.82) is 0 Å². The second-order valence-corrected chi connectivity index (χ2v) is 4.13.